The van der Waals surface area contributed by atoms with Crippen molar-refractivity contribution in [3.05, 3.63) is 17.5 Å². The molecule has 25 heavy (non-hydrogen) atoms. The molecule has 136 valence electrons. The van der Waals surface area contributed by atoms with Gasteiger partial charge in [-0.25, -0.2) is 14.5 Å². The summed E-state index contributed by atoms with van der Waals surface area (Å²) < 4.78 is 46.8. The van der Waals surface area contributed by atoms with E-state index < -0.39 is 23.4 Å². The third-order valence-corrected chi connectivity index (χ3v) is 4.14. The van der Waals surface area contributed by atoms with Crippen LogP contribution in [0.3, 0.4) is 0 Å². The van der Waals surface area contributed by atoms with Crippen molar-refractivity contribution < 1.29 is 27.8 Å². The molecule has 2 aromatic heterocycles. The van der Waals surface area contributed by atoms with E-state index >= 15 is 0 Å². The maximum atomic E-state index is 13.4. The first-order valence-corrected chi connectivity index (χ1v) is 7.87. The number of fused-ring (bicyclic) bond motifs is 1. The third kappa shape index (κ3) is 3.26. The van der Waals surface area contributed by atoms with Crippen molar-refractivity contribution in [1.82, 2.24) is 14.8 Å². The van der Waals surface area contributed by atoms with Gasteiger partial charge in [0.25, 0.3) is 0 Å². The molecule has 3 heterocycles. The quantitative estimate of drug-likeness (QED) is 0.874. The summed E-state index contributed by atoms with van der Waals surface area (Å²) in [6.45, 7) is 2.97. The maximum Gasteiger partial charge on any atom is 0.434 e. The summed E-state index contributed by atoms with van der Waals surface area (Å²) in [6, 6.07) is -0.177. The number of alkyl halides is 3. The third-order valence-electron chi connectivity index (χ3n) is 4.14. The van der Waals surface area contributed by atoms with Crippen molar-refractivity contribution in [3.8, 4) is 0 Å². The first-order valence-electron chi connectivity index (χ1n) is 7.87. The maximum absolute atomic E-state index is 13.4. The number of aromatic carboxylic acids is 1. The van der Waals surface area contributed by atoms with E-state index in [0.29, 0.717) is 32.6 Å². The van der Waals surface area contributed by atoms with Gasteiger partial charge in [0.15, 0.2) is 11.3 Å². The minimum absolute atomic E-state index is 0.00869. The number of hydrogen-bond acceptors (Lipinski definition) is 5. The Hall–Kier alpha value is -2.36. The van der Waals surface area contributed by atoms with E-state index in [1.54, 1.807) is 6.92 Å². The normalized spacial score (nSPS) is 16.3. The Morgan fingerprint density at radius 1 is 1.44 bits per heavy atom. The Labute approximate surface area is 140 Å². The van der Waals surface area contributed by atoms with Gasteiger partial charge in [0.1, 0.15) is 5.56 Å². The van der Waals surface area contributed by atoms with Crippen LogP contribution in [-0.2, 0) is 17.5 Å². The van der Waals surface area contributed by atoms with Crippen LogP contribution >= 0.6 is 0 Å². The number of rotatable bonds is 4. The zero-order valence-electron chi connectivity index (χ0n) is 13.4. The topological polar surface area (TPSA) is 89.3 Å². The average Bonchev–Trinajstić information content (AvgIpc) is 2.97. The van der Waals surface area contributed by atoms with Crippen molar-refractivity contribution in [1.29, 1.82) is 0 Å². The molecule has 1 aliphatic rings. The van der Waals surface area contributed by atoms with E-state index in [9.17, 15) is 23.1 Å². The van der Waals surface area contributed by atoms with E-state index in [4.69, 9.17) is 4.74 Å². The molecular weight excluding hydrogens is 341 g/mol. The largest absolute Gasteiger partial charge is 0.478 e. The Bertz CT molecular complexity index is 797. The molecule has 3 rings (SSSR count). The van der Waals surface area contributed by atoms with E-state index in [-0.39, 0.29) is 22.8 Å². The van der Waals surface area contributed by atoms with Crippen LogP contribution in [0, 0.1) is 0 Å². The predicted octanol–water partition coefficient (Wildman–Crippen LogP) is 2.76. The number of carbonyl (C=O) groups is 1. The van der Waals surface area contributed by atoms with Gasteiger partial charge in [-0.1, -0.05) is 0 Å². The summed E-state index contributed by atoms with van der Waals surface area (Å²) >= 11 is 0. The fraction of sp³-hybridized carbons (Fsp3) is 0.533. The molecule has 0 aromatic carbocycles. The average molecular weight is 358 g/mol. The zero-order chi connectivity index (χ0) is 18.2. The summed E-state index contributed by atoms with van der Waals surface area (Å²) in [7, 11) is 0. The van der Waals surface area contributed by atoms with Gasteiger partial charge in [0.05, 0.1) is 17.3 Å². The first-order chi connectivity index (χ1) is 11.8. The molecule has 0 saturated carbocycles. The van der Waals surface area contributed by atoms with Crippen LogP contribution < -0.4 is 5.32 Å². The SMILES string of the molecule is CCn1ncc2c(NC3CCOCC3)c(C(=O)O)c(C(F)(F)F)nc21. The van der Waals surface area contributed by atoms with Crippen LogP contribution in [0.2, 0.25) is 0 Å². The van der Waals surface area contributed by atoms with Crippen molar-refractivity contribution in [3.63, 3.8) is 0 Å². The Morgan fingerprint density at radius 3 is 2.68 bits per heavy atom. The minimum atomic E-state index is -4.89. The lowest BCUT2D eigenvalue weighted by Crippen LogP contribution is -2.29. The van der Waals surface area contributed by atoms with Gasteiger partial charge in [-0.2, -0.15) is 18.3 Å². The number of nitrogens with one attached hydrogen (secondary N) is 1. The molecule has 1 fully saturated rings. The fourth-order valence-electron chi connectivity index (χ4n) is 2.93. The molecule has 2 aromatic rings. The molecule has 7 nitrogen and oxygen atoms in total. The van der Waals surface area contributed by atoms with Gasteiger partial charge in [0.2, 0.25) is 0 Å². The predicted molar refractivity (Wildman–Crippen MR) is 82.6 cm³/mol. The highest BCUT2D eigenvalue weighted by atomic mass is 19.4. The van der Waals surface area contributed by atoms with Gasteiger partial charge < -0.3 is 15.2 Å². The lowest BCUT2D eigenvalue weighted by molar-refractivity contribution is -0.141. The Kier molecular flexibility index (Phi) is 4.55. The molecule has 0 radical (unpaired) electrons. The number of hydrogen-bond donors (Lipinski definition) is 2. The molecule has 0 aliphatic carbocycles. The number of carboxylic acid groups (broad SMARTS) is 1. The number of anilines is 1. The summed E-state index contributed by atoms with van der Waals surface area (Å²) in [5, 5.41) is 16.7. The molecule has 1 saturated heterocycles. The number of carboxylic acids is 1. The number of nitrogens with zero attached hydrogens (tertiary/aromatic N) is 3. The lowest BCUT2D eigenvalue weighted by atomic mass is 10.0. The van der Waals surface area contributed by atoms with Crippen molar-refractivity contribution in [2.75, 3.05) is 18.5 Å². The summed E-state index contributed by atoms with van der Waals surface area (Å²) in [5.74, 6) is -1.68. The molecular formula is C15H17F3N4O3. The number of aryl methyl sites for hydroxylation is 1. The Morgan fingerprint density at radius 2 is 2.12 bits per heavy atom. The van der Waals surface area contributed by atoms with E-state index in [0.717, 1.165) is 0 Å². The highest BCUT2D eigenvalue weighted by Crippen LogP contribution is 2.38. The van der Waals surface area contributed by atoms with Gasteiger partial charge in [-0.05, 0) is 19.8 Å². The van der Waals surface area contributed by atoms with Crippen LogP contribution in [0.5, 0.6) is 0 Å². The van der Waals surface area contributed by atoms with Gasteiger partial charge in [-0.15, -0.1) is 0 Å². The number of pyridine rings is 1. The zero-order valence-corrected chi connectivity index (χ0v) is 13.4. The number of aromatic nitrogens is 3. The summed E-state index contributed by atoms with van der Waals surface area (Å²) in [5.41, 5.74) is -2.37. The van der Waals surface area contributed by atoms with E-state index in [1.807, 2.05) is 0 Å². The second-order valence-corrected chi connectivity index (χ2v) is 5.74. The van der Waals surface area contributed by atoms with Crippen LogP contribution in [-0.4, -0.2) is 45.1 Å². The van der Waals surface area contributed by atoms with E-state index in [1.165, 1.54) is 10.9 Å². The second-order valence-electron chi connectivity index (χ2n) is 5.74. The van der Waals surface area contributed by atoms with Crippen molar-refractivity contribution >= 4 is 22.7 Å². The molecule has 2 N–H and O–H groups in total. The summed E-state index contributed by atoms with van der Waals surface area (Å²) in [4.78, 5) is 15.2. The lowest BCUT2D eigenvalue weighted by Gasteiger charge is -2.26. The molecule has 0 atom stereocenters. The minimum Gasteiger partial charge on any atom is -0.478 e. The van der Waals surface area contributed by atoms with Gasteiger partial charge in [-0.3, -0.25) is 0 Å². The first kappa shape index (κ1) is 17.5. The van der Waals surface area contributed by atoms with Crippen molar-refractivity contribution in [2.45, 2.75) is 38.5 Å². The highest BCUT2D eigenvalue weighted by molar-refractivity contribution is 6.04. The standard InChI is InChI=1S/C15H17F3N4O3/c1-2-22-13-9(7-19-22)11(20-8-3-5-25-6-4-8)10(14(23)24)12(21-13)15(16,17)18/h7-8H,2-6H2,1H3,(H,20,21)(H,23,24). The van der Waals surface area contributed by atoms with Crippen LogP contribution in [0.25, 0.3) is 11.0 Å². The van der Waals surface area contributed by atoms with Gasteiger partial charge >= 0.3 is 12.1 Å². The Balaban J connectivity index is 2.24. The number of halogens is 3. The van der Waals surface area contributed by atoms with E-state index in [2.05, 4.69) is 15.4 Å². The van der Waals surface area contributed by atoms with Crippen LogP contribution in [0.1, 0.15) is 35.8 Å². The fourth-order valence-corrected chi connectivity index (χ4v) is 2.93. The molecule has 0 spiro atoms. The smallest absolute Gasteiger partial charge is 0.434 e. The molecule has 10 heteroatoms. The number of ether oxygens (including phenoxy) is 1. The monoisotopic (exact) mass is 358 g/mol. The summed E-state index contributed by atoms with van der Waals surface area (Å²) in [6.07, 6.45) is -2.39. The molecule has 0 unspecified atom stereocenters. The molecule has 0 amide bonds. The second kappa shape index (κ2) is 6.51. The van der Waals surface area contributed by atoms with Gasteiger partial charge in [0, 0.05) is 25.8 Å². The highest BCUT2D eigenvalue weighted by Gasteiger charge is 2.40. The van der Waals surface area contributed by atoms with Crippen molar-refractivity contribution in [2.24, 2.45) is 0 Å². The van der Waals surface area contributed by atoms with Crippen LogP contribution in [0.15, 0.2) is 6.20 Å². The molecule has 1 aliphatic heterocycles. The van der Waals surface area contributed by atoms with Crippen LogP contribution in [0.4, 0.5) is 18.9 Å². The molecule has 0 bridgehead atoms.